The Bertz CT molecular complexity index is 715. The van der Waals surface area contributed by atoms with Crippen LogP contribution in [0.2, 0.25) is 0 Å². The van der Waals surface area contributed by atoms with Crippen molar-refractivity contribution in [3.63, 3.8) is 0 Å². The molecule has 0 aliphatic rings. The summed E-state index contributed by atoms with van der Waals surface area (Å²) < 4.78 is 16.7. The van der Waals surface area contributed by atoms with Crippen molar-refractivity contribution in [2.75, 3.05) is 20.3 Å². The van der Waals surface area contributed by atoms with E-state index in [4.69, 9.17) is 14.2 Å². The minimum Gasteiger partial charge on any atom is -0.497 e. The van der Waals surface area contributed by atoms with Gasteiger partial charge < -0.3 is 19.5 Å². The number of aryl methyl sites for hydroxylation is 1. The third-order valence-corrected chi connectivity index (χ3v) is 4.36. The van der Waals surface area contributed by atoms with E-state index in [0.717, 1.165) is 30.8 Å². The standard InChI is InChI=1S/C23H31NO4/c1-4-17-27-22-11-7-6-9-18(22)10-8-16-24-23(25)21(5-2)28-20-14-12-19(26-3)13-15-20/h6-7,9,11-15,21H,4-5,8,10,16-17H2,1-3H3,(H,24,25)/t21-/m0/s1. The second-order valence-corrected chi connectivity index (χ2v) is 6.54. The molecule has 2 rings (SSSR count). The first-order chi connectivity index (χ1) is 13.7. The van der Waals surface area contributed by atoms with Crippen LogP contribution in [0.3, 0.4) is 0 Å². The van der Waals surface area contributed by atoms with E-state index >= 15 is 0 Å². The lowest BCUT2D eigenvalue weighted by molar-refractivity contribution is -0.128. The highest BCUT2D eigenvalue weighted by Crippen LogP contribution is 2.20. The van der Waals surface area contributed by atoms with E-state index in [0.29, 0.717) is 25.3 Å². The van der Waals surface area contributed by atoms with Crippen LogP contribution in [0.1, 0.15) is 38.7 Å². The third kappa shape index (κ3) is 6.80. The summed E-state index contributed by atoms with van der Waals surface area (Å²) in [6.07, 6.45) is 2.78. The number of nitrogens with one attached hydrogen (secondary N) is 1. The van der Waals surface area contributed by atoms with E-state index in [2.05, 4.69) is 18.3 Å². The van der Waals surface area contributed by atoms with Crippen LogP contribution in [0.4, 0.5) is 0 Å². The normalized spacial score (nSPS) is 11.5. The molecule has 0 spiro atoms. The van der Waals surface area contributed by atoms with Gasteiger partial charge in [-0.15, -0.1) is 0 Å². The number of para-hydroxylation sites is 1. The maximum atomic E-state index is 12.4. The Morgan fingerprint density at radius 1 is 1.04 bits per heavy atom. The minimum absolute atomic E-state index is 0.0890. The lowest BCUT2D eigenvalue weighted by atomic mass is 10.1. The van der Waals surface area contributed by atoms with Gasteiger partial charge in [0.05, 0.1) is 13.7 Å². The number of rotatable bonds is 12. The van der Waals surface area contributed by atoms with Crippen LogP contribution in [0.5, 0.6) is 17.2 Å². The molecule has 28 heavy (non-hydrogen) atoms. The Hall–Kier alpha value is -2.69. The van der Waals surface area contributed by atoms with Crippen molar-refractivity contribution >= 4 is 5.91 Å². The molecule has 2 aromatic rings. The summed E-state index contributed by atoms with van der Waals surface area (Å²) in [4.78, 5) is 12.4. The fourth-order valence-electron chi connectivity index (χ4n) is 2.81. The topological polar surface area (TPSA) is 56.8 Å². The van der Waals surface area contributed by atoms with E-state index in [9.17, 15) is 4.79 Å². The van der Waals surface area contributed by atoms with Crippen molar-refractivity contribution in [3.8, 4) is 17.2 Å². The number of carbonyl (C=O) groups excluding carboxylic acids is 1. The van der Waals surface area contributed by atoms with Crippen LogP contribution < -0.4 is 19.5 Å². The zero-order chi connectivity index (χ0) is 20.2. The van der Waals surface area contributed by atoms with Gasteiger partial charge in [-0.3, -0.25) is 4.79 Å². The van der Waals surface area contributed by atoms with Gasteiger partial charge in [0.25, 0.3) is 5.91 Å². The monoisotopic (exact) mass is 385 g/mol. The van der Waals surface area contributed by atoms with Crippen molar-refractivity contribution in [1.29, 1.82) is 0 Å². The molecule has 1 atom stereocenters. The van der Waals surface area contributed by atoms with Crippen LogP contribution >= 0.6 is 0 Å². The molecule has 0 aromatic heterocycles. The van der Waals surface area contributed by atoms with Crippen LogP contribution in [0.25, 0.3) is 0 Å². The molecule has 0 aliphatic heterocycles. The number of ether oxygens (including phenoxy) is 3. The van der Waals surface area contributed by atoms with Crippen LogP contribution in [0, 0.1) is 0 Å². The number of carbonyl (C=O) groups is 1. The molecular weight excluding hydrogens is 354 g/mol. The fourth-order valence-corrected chi connectivity index (χ4v) is 2.81. The molecule has 1 N–H and O–H groups in total. The molecule has 1 amide bonds. The van der Waals surface area contributed by atoms with Gasteiger partial charge in [0.1, 0.15) is 17.2 Å². The molecule has 5 nitrogen and oxygen atoms in total. The summed E-state index contributed by atoms with van der Waals surface area (Å²) in [5, 5.41) is 2.98. The van der Waals surface area contributed by atoms with Gasteiger partial charge in [0, 0.05) is 6.54 Å². The summed E-state index contributed by atoms with van der Waals surface area (Å²) >= 11 is 0. The highest BCUT2D eigenvalue weighted by Gasteiger charge is 2.18. The summed E-state index contributed by atoms with van der Waals surface area (Å²) in [6, 6.07) is 15.3. The summed E-state index contributed by atoms with van der Waals surface area (Å²) in [5.74, 6) is 2.26. The molecule has 2 aromatic carbocycles. The maximum Gasteiger partial charge on any atom is 0.261 e. The Labute approximate surface area is 168 Å². The first kappa shape index (κ1) is 21.6. The van der Waals surface area contributed by atoms with Crippen LogP contribution in [-0.4, -0.2) is 32.3 Å². The van der Waals surface area contributed by atoms with E-state index in [-0.39, 0.29) is 5.91 Å². The maximum absolute atomic E-state index is 12.4. The molecule has 152 valence electrons. The summed E-state index contributed by atoms with van der Waals surface area (Å²) in [5.41, 5.74) is 1.17. The molecule has 0 saturated carbocycles. The van der Waals surface area contributed by atoms with E-state index < -0.39 is 6.10 Å². The Morgan fingerprint density at radius 2 is 1.75 bits per heavy atom. The molecular formula is C23H31NO4. The highest BCUT2D eigenvalue weighted by atomic mass is 16.5. The molecule has 0 bridgehead atoms. The number of benzene rings is 2. The van der Waals surface area contributed by atoms with Crippen molar-refractivity contribution in [2.24, 2.45) is 0 Å². The van der Waals surface area contributed by atoms with Crippen LogP contribution in [-0.2, 0) is 11.2 Å². The molecule has 0 saturated heterocycles. The fraction of sp³-hybridized carbons (Fsp3) is 0.435. The second kappa shape index (κ2) is 11.9. The first-order valence-electron chi connectivity index (χ1n) is 9.97. The quantitative estimate of drug-likeness (QED) is 0.551. The van der Waals surface area contributed by atoms with Gasteiger partial charge in [0.2, 0.25) is 0 Å². The first-order valence-corrected chi connectivity index (χ1v) is 9.97. The Kier molecular flexibility index (Phi) is 9.19. The van der Waals surface area contributed by atoms with Gasteiger partial charge in [-0.25, -0.2) is 0 Å². The molecule has 5 heteroatoms. The van der Waals surface area contributed by atoms with Crippen molar-refractivity contribution in [3.05, 3.63) is 54.1 Å². The number of hydrogen-bond donors (Lipinski definition) is 1. The predicted molar refractivity (Wildman–Crippen MR) is 111 cm³/mol. The molecule has 0 heterocycles. The van der Waals surface area contributed by atoms with E-state index in [1.54, 1.807) is 7.11 Å². The van der Waals surface area contributed by atoms with E-state index in [1.807, 2.05) is 49.4 Å². The smallest absolute Gasteiger partial charge is 0.261 e. The Balaban J connectivity index is 1.79. The van der Waals surface area contributed by atoms with Gasteiger partial charge in [-0.2, -0.15) is 0 Å². The lowest BCUT2D eigenvalue weighted by Crippen LogP contribution is -2.38. The highest BCUT2D eigenvalue weighted by molar-refractivity contribution is 5.81. The van der Waals surface area contributed by atoms with E-state index in [1.165, 1.54) is 5.56 Å². The molecule has 0 unspecified atom stereocenters. The van der Waals surface area contributed by atoms with Gasteiger partial charge >= 0.3 is 0 Å². The molecule has 0 radical (unpaired) electrons. The summed E-state index contributed by atoms with van der Waals surface area (Å²) in [6.45, 7) is 5.35. The SMILES string of the molecule is CCCOc1ccccc1CCCNC(=O)[C@H](CC)Oc1ccc(OC)cc1. The number of hydrogen-bond acceptors (Lipinski definition) is 4. The molecule has 0 fully saturated rings. The lowest BCUT2D eigenvalue weighted by Gasteiger charge is -2.17. The average molecular weight is 386 g/mol. The number of methoxy groups -OCH3 is 1. The van der Waals surface area contributed by atoms with Gasteiger partial charge in [0.15, 0.2) is 6.10 Å². The van der Waals surface area contributed by atoms with Crippen molar-refractivity contribution in [2.45, 2.75) is 45.6 Å². The second-order valence-electron chi connectivity index (χ2n) is 6.54. The predicted octanol–water partition coefficient (Wildman–Crippen LogP) is 4.39. The van der Waals surface area contributed by atoms with Gasteiger partial charge in [-0.05, 0) is 61.6 Å². The van der Waals surface area contributed by atoms with Crippen molar-refractivity contribution in [1.82, 2.24) is 5.32 Å². The zero-order valence-corrected chi connectivity index (χ0v) is 17.1. The Morgan fingerprint density at radius 3 is 2.43 bits per heavy atom. The number of amides is 1. The zero-order valence-electron chi connectivity index (χ0n) is 17.1. The minimum atomic E-state index is -0.506. The van der Waals surface area contributed by atoms with Gasteiger partial charge in [-0.1, -0.05) is 32.0 Å². The largest absolute Gasteiger partial charge is 0.497 e. The van der Waals surface area contributed by atoms with Crippen LogP contribution in [0.15, 0.2) is 48.5 Å². The summed E-state index contributed by atoms with van der Waals surface area (Å²) in [7, 11) is 1.62. The third-order valence-electron chi connectivity index (χ3n) is 4.36. The average Bonchev–Trinajstić information content (AvgIpc) is 2.74. The van der Waals surface area contributed by atoms with Crippen molar-refractivity contribution < 1.29 is 19.0 Å². The molecule has 0 aliphatic carbocycles.